The van der Waals surface area contributed by atoms with E-state index in [1.807, 2.05) is 19.1 Å². The zero-order valence-electron chi connectivity index (χ0n) is 14.4. The molecule has 1 aliphatic heterocycles. The van der Waals surface area contributed by atoms with Crippen molar-refractivity contribution in [2.24, 2.45) is 11.7 Å². The van der Waals surface area contributed by atoms with E-state index in [1.165, 1.54) is 0 Å². The molecule has 0 fully saturated rings. The Morgan fingerprint density at radius 3 is 2.88 bits per heavy atom. The van der Waals surface area contributed by atoms with E-state index in [0.29, 0.717) is 30.5 Å². The quantitative estimate of drug-likeness (QED) is 0.885. The van der Waals surface area contributed by atoms with Crippen LogP contribution < -0.4 is 15.8 Å². The summed E-state index contributed by atoms with van der Waals surface area (Å²) in [6.07, 6.45) is 0.812. The van der Waals surface area contributed by atoms with E-state index in [-0.39, 0.29) is 12.0 Å². The van der Waals surface area contributed by atoms with E-state index in [0.717, 1.165) is 28.9 Å². The van der Waals surface area contributed by atoms with Gasteiger partial charge in [-0.25, -0.2) is 0 Å². The minimum absolute atomic E-state index is 0.00400. The van der Waals surface area contributed by atoms with E-state index in [1.54, 1.807) is 6.07 Å². The van der Waals surface area contributed by atoms with Gasteiger partial charge in [-0.05, 0) is 42.2 Å². The maximum absolute atomic E-state index is 12.1. The second-order valence-corrected chi connectivity index (χ2v) is 6.75. The highest BCUT2D eigenvalue weighted by molar-refractivity contribution is 5.92. The van der Waals surface area contributed by atoms with Crippen LogP contribution in [0.3, 0.4) is 0 Å². The molecule has 1 aliphatic rings. The van der Waals surface area contributed by atoms with Gasteiger partial charge in [-0.15, -0.1) is 0 Å². The smallest absolute Gasteiger partial charge is 0.287 e. The Hall–Kier alpha value is -2.27. The summed E-state index contributed by atoms with van der Waals surface area (Å²) < 4.78 is 11.7. The first-order valence-corrected chi connectivity index (χ1v) is 8.36. The molecule has 1 amide bonds. The Bertz CT molecular complexity index is 749. The molecule has 0 saturated heterocycles. The molecule has 1 atom stereocenters. The van der Waals surface area contributed by atoms with E-state index in [9.17, 15) is 4.79 Å². The molecule has 2 heterocycles. The van der Waals surface area contributed by atoms with Crippen molar-refractivity contribution in [1.29, 1.82) is 0 Å². The van der Waals surface area contributed by atoms with Crippen LogP contribution in [0.15, 0.2) is 28.7 Å². The molecule has 0 spiro atoms. The Morgan fingerprint density at radius 1 is 1.38 bits per heavy atom. The summed E-state index contributed by atoms with van der Waals surface area (Å²) in [5.41, 5.74) is 8.89. The normalized spacial score (nSPS) is 16.1. The fourth-order valence-electron chi connectivity index (χ4n) is 2.90. The topological polar surface area (TPSA) is 77.5 Å². The number of aryl methyl sites for hydroxylation is 1. The molecule has 3 N–H and O–H groups in total. The largest absolute Gasteiger partial charge is 0.488 e. The highest BCUT2D eigenvalue weighted by Crippen LogP contribution is 2.40. The van der Waals surface area contributed by atoms with Gasteiger partial charge in [0.1, 0.15) is 17.6 Å². The Morgan fingerprint density at radius 2 is 2.17 bits per heavy atom. The summed E-state index contributed by atoms with van der Waals surface area (Å²) >= 11 is 0. The lowest BCUT2D eigenvalue weighted by Crippen LogP contribution is -2.26. The predicted molar refractivity (Wildman–Crippen MR) is 93.2 cm³/mol. The molecular weight excluding hydrogens is 304 g/mol. The van der Waals surface area contributed by atoms with Crippen molar-refractivity contribution in [1.82, 2.24) is 5.32 Å². The third-order valence-corrected chi connectivity index (χ3v) is 4.07. The van der Waals surface area contributed by atoms with Crippen molar-refractivity contribution in [2.75, 3.05) is 13.1 Å². The number of hydrogen-bond acceptors (Lipinski definition) is 4. The van der Waals surface area contributed by atoms with Crippen LogP contribution in [0.5, 0.6) is 5.75 Å². The molecule has 3 rings (SSSR count). The number of carbonyl (C=O) groups is 1. The number of rotatable bonds is 5. The summed E-state index contributed by atoms with van der Waals surface area (Å²) in [5.74, 6) is 1.97. The third kappa shape index (κ3) is 3.31. The lowest BCUT2D eigenvalue weighted by atomic mass is 10.0. The van der Waals surface area contributed by atoms with Gasteiger partial charge in [0.25, 0.3) is 5.91 Å². The second kappa shape index (κ2) is 6.69. The fourth-order valence-corrected chi connectivity index (χ4v) is 2.90. The first kappa shape index (κ1) is 16.6. The van der Waals surface area contributed by atoms with Crippen molar-refractivity contribution in [3.63, 3.8) is 0 Å². The summed E-state index contributed by atoms with van der Waals surface area (Å²) in [7, 11) is 0. The molecule has 0 saturated carbocycles. The number of benzene rings is 1. The van der Waals surface area contributed by atoms with E-state index >= 15 is 0 Å². The van der Waals surface area contributed by atoms with Crippen LogP contribution in [-0.2, 0) is 6.42 Å². The van der Waals surface area contributed by atoms with Gasteiger partial charge in [-0.3, -0.25) is 4.79 Å². The number of hydrogen-bond donors (Lipinski definition) is 2. The predicted octanol–water partition coefficient (Wildman–Crippen LogP) is 2.90. The number of amides is 1. The average Bonchev–Trinajstić information content (AvgIpc) is 3.18. The molecular formula is C19H24N2O3. The van der Waals surface area contributed by atoms with Crippen LogP contribution in [-0.4, -0.2) is 25.1 Å². The van der Waals surface area contributed by atoms with Crippen LogP contribution in [0, 0.1) is 12.8 Å². The molecule has 5 nitrogen and oxygen atoms in total. The molecule has 0 bridgehead atoms. The van der Waals surface area contributed by atoms with Gasteiger partial charge in [0.2, 0.25) is 0 Å². The summed E-state index contributed by atoms with van der Waals surface area (Å²) in [6.45, 7) is 7.24. The molecule has 1 aromatic carbocycles. The van der Waals surface area contributed by atoms with Crippen molar-refractivity contribution < 1.29 is 13.9 Å². The van der Waals surface area contributed by atoms with Crippen LogP contribution in [0.2, 0.25) is 0 Å². The summed E-state index contributed by atoms with van der Waals surface area (Å²) in [4.78, 5) is 12.1. The van der Waals surface area contributed by atoms with Gasteiger partial charge in [-0.1, -0.05) is 19.9 Å². The molecule has 128 valence electrons. The molecule has 24 heavy (non-hydrogen) atoms. The Balaban J connectivity index is 1.87. The van der Waals surface area contributed by atoms with Gasteiger partial charge in [0, 0.05) is 19.5 Å². The number of ether oxygens (including phenoxy) is 1. The van der Waals surface area contributed by atoms with Crippen molar-refractivity contribution in [3.8, 4) is 17.1 Å². The molecule has 0 aliphatic carbocycles. The van der Waals surface area contributed by atoms with Crippen LogP contribution in [0.25, 0.3) is 11.3 Å². The molecule has 5 heteroatoms. The van der Waals surface area contributed by atoms with E-state index in [2.05, 4.69) is 25.2 Å². The number of nitrogens with one attached hydrogen (secondary N) is 1. The Kier molecular flexibility index (Phi) is 4.62. The maximum Gasteiger partial charge on any atom is 0.287 e. The number of carbonyl (C=O) groups excluding carboxylic acids is 1. The fraction of sp³-hybridized carbons (Fsp3) is 0.421. The van der Waals surface area contributed by atoms with E-state index in [4.69, 9.17) is 14.9 Å². The second-order valence-electron chi connectivity index (χ2n) is 6.75. The maximum atomic E-state index is 12.1. The minimum Gasteiger partial charge on any atom is -0.488 e. The van der Waals surface area contributed by atoms with Crippen LogP contribution in [0.1, 0.15) is 35.5 Å². The summed E-state index contributed by atoms with van der Waals surface area (Å²) in [6, 6.07) is 7.66. The van der Waals surface area contributed by atoms with E-state index < -0.39 is 0 Å². The standard InChI is InChI=1S/C19H24N2O3/c1-11(2)10-21-19(22)17-5-4-16(24-17)15-7-12(3)6-13-8-14(9-20)23-18(13)15/h4-7,11,14H,8-10,20H2,1-3H3,(H,21,22)/t14-/m1/s1. The summed E-state index contributed by atoms with van der Waals surface area (Å²) in [5, 5.41) is 2.86. The zero-order valence-corrected chi connectivity index (χ0v) is 14.4. The minimum atomic E-state index is -0.194. The van der Waals surface area contributed by atoms with Crippen molar-refractivity contribution in [2.45, 2.75) is 33.3 Å². The molecule has 0 radical (unpaired) electrons. The number of furan rings is 1. The molecule has 0 unspecified atom stereocenters. The number of fused-ring (bicyclic) bond motifs is 1. The lowest BCUT2D eigenvalue weighted by molar-refractivity contribution is 0.0922. The van der Waals surface area contributed by atoms with Gasteiger partial charge < -0.3 is 20.2 Å². The van der Waals surface area contributed by atoms with Crippen LogP contribution in [0.4, 0.5) is 0 Å². The van der Waals surface area contributed by atoms with Gasteiger partial charge in [-0.2, -0.15) is 0 Å². The zero-order chi connectivity index (χ0) is 17.3. The third-order valence-electron chi connectivity index (χ3n) is 4.07. The van der Waals surface area contributed by atoms with Gasteiger partial charge in [0.05, 0.1) is 5.56 Å². The molecule has 2 aromatic rings. The average molecular weight is 328 g/mol. The first-order valence-electron chi connectivity index (χ1n) is 8.36. The van der Waals surface area contributed by atoms with Crippen molar-refractivity contribution >= 4 is 5.91 Å². The first-order chi connectivity index (χ1) is 11.5. The highest BCUT2D eigenvalue weighted by Gasteiger charge is 2.26. The van der Waals surface area contributed by atoms with Crippen molar-refractivity contribution in [3.05, 3.63) is 41.2 Å². The SMILES string of the molecule is Cc1cc2c(c(-c3ccc(C(=O)NCC(C)C)o3)c1)O[C@@H](CN)C2. The Labute approximate surface area is 142 Å². The van der Waals surface area contributed by atoms with Crippen LogP contribution >= 0.6 is 0 Å². The lowest BCUT2D eigenvalue weighted by Gasteiger charge is -2.10. The van der Waals surface area contributed by atoms with Gasteiger partial charge >= 0.3 is 0 Å². The monoisotopic (exact) mass is 328 g/mol. The van der Waals surface area contributed by atoms with Gasteiger partial charge in [0.15, 0.2) is 5.76 Å². The highest BCUT2D eigenvalue weighted by atomic mass is 16.5. The number of nitrogens with two attached hydrogens (primary N) is 1. The molecule has 1 aromatic heterocycles.